The van der Waals surface area contributed by atoms with Gasteiger partial charge in [0.05, 0.1) is 4.90 Å². The lowest BCUT2D eigenvalue weighted by Crippen LogP contribution is -2.34. The van der Waals surface area contributed by atoms with Gasteiger partial charge in [0.1, 0.15) is 12.2 Å². The molecule has 1 amide bonds. The molecule has 0 aliphatic rings. The Hall–Kier alpha value is -3.10. The van der Waals surface area contributed by atoms with Gasteiger partial charge in [0, 0.05) is 17.3 Å². The van der Waals surface area contributed by atoms with E-state index in [1.165, 1.54) is 22.8 Å². The zero-order chi connectivity index (χ0) is 21.7. The van der Waals surface area contributed by atoms with Crippen LogP contribution in [0.25, 0.3) is 0 Å². The van der Waals surface area contributed by atoms with Crippen molar-refractivity contribution in [2.45, 2.75) is 24.9 Å². The number of hydrogen-bond acceptors (Lipinski definition) is 4. The number of aromatic nitrogens is 1. The van der Waals surface area contributed by atoms with Crippen molar-refractivity contribution in [3.63, 3.8) is 0 Å². The average Bonchev–Trinajstić information content (AvgIpc) is 2.73. The van der Waals surface area contributed by atoms with Crippen LogP contribution in [-0.2, 0) is 27.9 Å². The molecule has 0 saturated heterocycles. The summed E-state index contributed by atoms with van der Waals surface area (Å²) in [4.78, 5) is 25.2. The van der Waals surface area contributed by atoms with Crippen molar-refractivity contribution in [2.75, 3.05) is 4.72 Å². The third kappa shape index (κ3) is 5.28. The number of pyridine rings is 1. The monoisotopic (exact) mass is 445 g/mol. The van der Waals surface area contributed by atoms with Crippen molar-refractivity contribution in [1.29, 1.82) is 0 Å². The molecule has 0 bridgehead atoms. The standard InChI is InChI=1S/C21H20ClN3O4S/c1-15-7-12-19(24-30(28,29)18-5-3-2-4-6-18)21(27)25(15)14-20(26)23-13-16-8-10-17(22)11-9-16/h2-12,24H,13-14H2,1H3,(H,23,26). The molecule has 9 heteroatoms. The van der Waals surface area contributed by atoms with Crippen LogP contribution in [0.2, 0.25) is 5.02 Å². The van der Waals surface area contributed by atoms with Gasteiger partial charge in [-0.1, -0.05) is 41.9 Å². The van der Waals surface area contributed by atoms with Gasteiger partial charge in [-0.15, -0.1) is 0 Å². The van der Waals surface area contributed by atoms with Gasteiger partial charge in [0.2, 0.25) is 5.91 Å². The molecule has 0 radical (unpaired) electrons. The zero-order valence-electron chi connectivity index (χ0n) is 16.1. The van der Waals surface area contributed by atoms with E-state index in [4.69, 9.17) is 11.6 Å². The van der Waals surface area contributed by atoms with Crippen LogP contribution >= 0.6 is 11.6 Å². The van der Waals surface area contributed by atoms with Gasteiger partial charge < -0.3 is 9.88 Å². The maximum absolute atomic E-state index is 12.8. The summed E-state index contributed by atoms with van der Waals surface area (Å²) in [5, 5.41) is 3.33. The molecule has 0 aliphatic heterocycles. The fourth-order valence-corrected chi connectivity index (χ4v) is 3.95. The molecule has 0 unspecified atom stereocenters. The van der Waals surface area contributed by atoms with E-state index in [0.717, 1.165) is 5.56 Å². The summed E-state index contributed by atoms with van der Waals surface area (Å²) in [5.41, 5.74) is 0.664. The molecule has 1 heterocycles. The third-order valence-corrected chi connectivity index (χ3v) is 6.03. The Morgan fingerprint density at radius 1 is 1.00 bits per heavy atom. The highest BCUT2D eigenvalue weighted by Crippen LogP contribution is 2.13. The zero-order valence-corrected chi connectivity index (χ0v) is 17.7. The largest absolute Gasteiger partial charge is 0.350 e. The maximum atomic E-state index is 12.8. The van der Waals surface area contributed by atoms with Crippen molar-refractivity contribution in [1.82, 2.24) is 9.88 Å². The van der Waals surface area contributed by atoms with E-state index in [0.29, 0.717) is 10.7 Å². The number of nitrogens with zero attached hydrogens (tertiary/aromatic N) is 1. The smallest absolute Gasteiger partial charge is 0.275 e. The summed E-state index contributed by atoms with van der Waals surface area (Å²) in [6.45, 7) is 1.71. The highest BCUT2D eigenvalue weighted by molar-refractivity contribution is 7.92. The Kier molecular flexibility index (Phi) is 6.59. The lowest BCUT2D eigenvalue weighted by Gasteiger charge is -2.13. The molecular weight excluding hydrogens is 426 g/mol. The summed E-state index contributed by atoms with van der Waals surface area (Å²) >= 11 is 5.84. The summed E-state index contributed by atoms with van der Waals surface area (Å²) in [7, 11) is -3.92. The number of amides is 1. The Labute approximate surface area is 179 Å². The quantitative estimate of drug-likeness (QED) is 0.584. The predicted molar refractivity (Wildman–Crippen MR) is 116 cm³/mol. The number of benzene rings is 2. The summed E-state index contributed by atoms with van der Waals surface area (Å²) in [5.74, 6) is -0.377. The SMILES string of the molecule is Cc1ccc(NS(=O)(=O)c2ccccc2)c(=O)n1CC(=O)NCc1ccc(Cl)cc1. The Morgan fingerprint density at radius 2 is 1.67 bits per heavy atom. The number of carbonyl (C=O) groups is 1. The molecular formula is C21H20ClN3O4S. The molecule has 0 spiro atoms. The van der Waals surface area contributed by atoms with E-state index < -0.39 is 15.6 Å². The van der Waals surface area contributed by atoms with Crippen LogP contribution < -0.4 is 15.6 Å². The minimum absolute atomic E-state index is 0.0391. The van der Waals surface area contributed by atoms with E-state index >= 15 is 0 Å². The molecule has 0 fully saturated rings. The van der Waals surface area contributed by atoms with Gasteiger partial charge in [0.25, 0.3) is 15.6 Å². The number of nitrogens with one attached hydrogen (secondary N) is 2. The van der Waals surface area contributed by atoms with Crippen LogP contribution in [0.5, 0.6) is 0 Å². The topological polar surface area (TPSA) is 97.3 Å². The molecule has 2 aromatic carbocycles. The van der Waals surface area contributed by atoms with Crippen LogP contribution in [0.3, 0.4) is 0 Å². The lowest BCUT2D eigenvalue weighted by atomic mass is 10.2. The minimum atomic E-state index is -3.92. The molecule has 156 valence electrons. The molecule has 0 atom stereocenters. The van der Waals surface area contributed by atoms with Gasteiger partial charge in [-0.3, -0.25) is 14.3 Å². The summed E-state index contributed by atoms with van der Waals surface area (Å²) < 4.78 is 28.5. The molecule has 3 rings (SSSR count). The number of hydrogen-bond donors (Lipinski definition) is 2. The Bertz CT molecular complexity index is 1210. The van der Waals surface area contributed by atoms with Crippen molar-refractivity contribution >= 4 is 33.2 Å². The number of rotatable bonds is 7. The third-order valence-electron chi connectivity index (χ3n) is 4.40. The first-order chi connectivity index (χ1) is 14.3. The molecule has 2 N–H and O–H groups in total. The number of carbonyl (C=O) groups excluding carboxylic acids is 1. The lowest BCUT2D eigenvalue weighted by molar-refractivity contribution is -0.121. The summed E-state index contributed by atoms with van der Waals surface area (Å²) in [6.07, 6.45) is 0. The normalized spacial score (nSPS) is 11.1. The van der Waals surface area contributed by atoms with Crippen LogP contribution in [0.1, 0.15) is 11.3 Å². The van der Waals surface area contributed by atoms with E-state index in [2.05, 4.69) is 10.0 Å². The molecule has 3 aromatic rings. The van der Waals surface area contributed by atoms with E-state index in [1.54, 1.807) is 55.5 Å². The van der Waals surface area contributed by atoms with Crippen molar-refractivity contribution in [3.05, 3.63) is 93.4 Å². The maximum Gasteiger partial charge on any atom is 0.275 e. The van der Waals surface area contributed by atoms with Gasteiger partial charge in [-0.2, -0.15) is 0 Å². The average molecular weight is 446 g/mol. The Balaban J connectivity index is 1.75. The first-order valence-electron chi connectivity index (χ1n) is 9.06. The van der Waals surface area contributed by atoms with Crippen molar-refractivity contribution < 1.29 is 13.2 Å². The van der Waals surface area contributed by atoms with Crippen LogP contribution in [0.4, 0.5) is 5.69 Å². The first kappa shape index (κ1) is 21.6. The highest BCUT2D eigenvalue weighted by Gasteiger charge is 2.17. The van der Waals surface area contributed by atoms with Gasteiger partial charge in [-0.25, -0.2) is 8.42 Å². The number of aryl methyl sites for hydroxylation is 1. The molecule has 30 heavy (non-hydrogen) atoms. The molecule has 0 aliphatic carbocycles. The second-order valence-corrected chi connectivity index (χ2v) is 8.72. The predicted octanol–water partition coefficient (Wildman–Crippen LogP) is 2.93. The summed E-state index contributed by atoms with van der Waals surface area (Å²) in [6, 6.07) is 17.7. The minimum Gasteiger partial charge on any atom is -0.350 e. The fraction of sp³-hybridized carbons (Fsp3) is 0.143. The van der Waals surface area contributed by atoms with Crippen LogP contribution in [-0.4, -0.2) is 18.9 Å². The number of sulfonamides is 1. The number of anilines is 1. The fourth-order valence-electron chi connectivity index (χ4n) is 2.75. The van der Waals surface area contributed by atoms with Gasteiger partial charge in [0.15, 0.2) is 0 Å². The van der Waals surface area contributed by atoms with E-state index in [9.17, 15) is 18.0 Å². The van der Waals surface area contributed by atoms with Crippen molar-refractivity contribution in [3.8, 4) is 0 Å². The van der Waals surface area contributed by atoms with Gasteiger partial charge >= 0.3 is 0 Å². The van der Waals surface area contributed by atoms with Gasteiger partial charge in [-0.05, 0) is 48.9 Å². The molecule has 7 nitrogen and oxygen atoms in total. The van der Waals surface area contributed by atoms with E-state index in [-0.39, 0.29) is 29.6 Å². The van der Waals surface area contributed by atoms with E-state index in [1.807, 2.05) is 0 Å². The second kappa shape index (κ2) is 9.15. The molecule has 1 aromatic heterocycles. The first-order valence-corrected chi connectivity index (χ1v) is 10.9. The number of halogens is 1. The van der Waals surface area contributed by atoms with Crippen molar-refractivity contribution in [2.24, 2.45) is 0 Å². The van der Waals surface area contributed by atoms with Crippen LogP contribution in [0, 0.1) is 6.92 Å². The highest BCUT2D eigenvalue weighted by atomic mass is 35.5. The second-order valence-electron chi connectivity index (χ2n) is 6.60. The molecule has 0 saturated carbocycles. The Morgan fingerprint density at radius 3 is 2.33 bits per heavy atom. The van der Waals surface area contributed by atoms with Crippen LogP contribution in [0.15, 0.2) is 76.4 Å².